The molecule has 1 aromatic carbocycles. The Morgan fingerprint density at radius 3 is 2.29 bits per heavy atom. The highest BCUT2D eigenvalue weighted by Gasteiger charge is 2.29. The van der Waals surface area contributed by atoms with Gasteiger partial charge in [-0.15, -0.1) is 0 Å². The van der Waals surface area contributed by atoms with Crippen molar-refractivity contribution >= 4 is 16.8 Å². The van der Waals surface area contributed by atoms with Gasteiger partial charge in [-0.2, -0.15) is 0 Å². The maximum absolute atomic E-state index is 12.9. The maximum Gasteiger partial charge on any atom is 0.229 e. The summed E-state index contributed by atoms with van der Waals surface area (Å²) in [4.78, 5) is 11.6. The molecule has 0 spiro atoms. The fourth-order valence-corrected chi connectivity index (χ4v) is 3.03. The van der Waals surface area contributed by atoms with Crippen LogP contribution in [0.3, 0.4) is 0 Å². The van der Waals surface area contributed by atoms with Crippen LogP contribution in [0.15, 0.2) is 24.3 Å². The molecule has 0 aliphatic heterocycles. The predicted molar refractivity (Wildman–Crippen MR) is 66.6 cm³/mol. The molecule has 0 radical (unpaired) electrons. The molecule has 1 atom stereocenters. The van der Waals surface area contributed by atoms with Gasteiger partial charge in [0.15, 0.2) is 0 Å². The Labute approximate surface area is 106 Å². The van der Waals surface area contributed by atoms with Crippen LogP contribution in [0.25, 0.3) is 0 Å². The number of halogens is 2. The lowest BCUT2D eigenvalue weighted by Gasteiger charge is -2.28. The molecule has 0 aromatic heterocycles. The van der Waals surface area contributed by atoms with E-state index in [9.17, 15) is 9.18 Å². The fraction of sp³-hybridized carbons (Fsp3) is 0.500. The molecule has 1 unspecified atom stereocenters. The van der Waals surface area contributed by atoms with Gasteiger partial charge >= 0.3 is 0 Å². The van der Waals surface area contributed by atoms with Crippen LogP contribution < -0.4 is 0 Å². The van der Waals surface area contributed by atoms with Crippen LogP contribution in [-0.4, -0.2) is 5.24 Å². The average Bonchev–Trinajstić information content (AvgIpc) is 2.33. The third kappa shape index (κ3) is 3.06. The van der Waals surface area contributed by atoms with E-state index in [1.165, 1.54) is 18.6 Å². The third-order valence-corrected chi connectivity index (χ3v) is 3.83. The summed E-state index contributed by atoms with van der Waals surface area (Å²) in [7, 11) is 0. The van der Waals surface area contributed by atoms with E-state index in [2.05, 4.69) is 0 Å². The van der Waals surface area contributed by atoms with Gasteiger partial charge in [0.2, 0.25) is 5.24 Å². The zero-order valence-corrected chi connectivity index (χ0v) is 10.4. The lowest BCUT2D eigenvalue weighted by molar-refractivity contribution is -0.114. The molecule has 1 aliphatic rings. The Balaban J connectivity index is 2.21. The number of carbonyl (C=O) groups is 1. The number of rotatable bonds is 3. The van der Waals surface area contributed by atoms with Crippen molar-refractivity contribution in [3.05, 3.63) is 35.6 Å². The van der Waals surface area contributed by atoms with Gasteiger partial charge in [0.1, 0.15) is 5.82 Å². The summed E-state index contributed by atoms with van der Waals surface area (Å²) >= 11 is 5.72. The van der Waals surface area contributed by atoms with Crippen LogP contribution in [0, 0.1) is 11.7 Å². The molecule has 0 bridgehead atoms. The minimum atomic E-state index is -0.316. The predicted octanol–water partition coefficient (Wildman–Crippen LogP) is 4.26. The molecule has 17 heavy (non-hydrogen) atoms. The van der Waals surface area contributed by atoms with Crippen molar-refractivity contribution in [2.45, 2.75) is 38.0 Å². The first-order valence-electron chi connectivity index (χ1n) is 6.13. The summed E-state index contributed by atoms with van der Waals surface area (Å²) in [6, 6.07) is 6.14. The van der Waals surface area contributed by atoms with Crippen molar-refractivity contribution < 1.29 is 9.18 Å². The van der Waals surface area contributed by atoms with Crippen LogP contribution in [0.5, 0.6) is 0 Å². The minimum Gasteiger partial charge on any atom is -0.281 e. The largest absolute Gasteiger partial charge is 0.281 e. The highest BCUT2D eigenvalue weighted by Crippen LogP contribution is 2.37. The van der Waals surface area contributed by atoms with E-state index in [4.69, 9.17) is 11.6 Å². The van der Waals surface area contributed by atoms with Gasteiger partial charge in [0.05, 0.1) is 5.92 Å². The summed E-state index contributed by atoms with van der Waals surface area (Å²) < 4.78 is 12.9. The second-order valence-electron chi connectivity index (χ2n) is 4.73. The van der Waals surface area contributed by atoms with Gasteiger partial charge in [0, 0.05) is 0 Å². The first kappa shape index (κ1) is 12.6. The first-order chi connectivity index (χ1) is 8.18. The van der Waals surface area contributed by atoms with Crippen LogP contribution in [0.1, 0.15) is 43.6 Å². The molecule has 0 N–H and O–H groups in total. The Kier molecular flexibility index (Phi) is 4.16. The van der Waals surface area contributed by atoms with Gasteiger partial charge in [-0.05, 0) is 48.1 Å². The second-order valence-corrected chi connectivity index (χ2v) is 5.10. The number of hydrogen-bond acceptors (Lipinski definition) is 1. The highest BCUT2D eigenvalue weighted by molar-refractivity contribution is 6.64. The van der Waals surface area contributed by atoms with Crippen molar-refractivity contribution in [1.82, 2.24) is 0 Å². The quantitative estimate of drug-likeness (QED) is 0.737. The molecule has 0 heterocycles. The van der Waals surface area contributed by atoms with Crippen molar-refractivity contribution in [2.75, 3.05) is 0 Å². The molecule has 1 aliphatic carbocycles. The molecule has 0 amide bonds. The standard InChI is InChI=1S/C14H16ClFO/c15-14(17)13(10-4-2-1-3-5-10)11-6-8-12(16)9-7-11/h6-10,13H,1-5H2. The SMILES string of the molecule is O=C(Cl)C(c1ccc(F)cc1)C1CCCCC1. The van der Waals surface area contributed by atoms with Crippen molar-refractivity contribution in [3.63, 3.8) is 0 Å². The van der Waals surface area contributed by atoms with Crippen LogP contribution in [0.2, 0.25) is 0 Å². The zero-order valence-electron chi connectivity index (χ0n) is 9.66. The molecule has 2 rings (SSSR count). The van der Waals surface area contributed by atoms with Gasteiger partial charge < -0.3 is 0 Å². The summed E-state index contributed by atoms with van der Waals surface area (Å²) in [5.74, 6) is -0.227. The van der Waals surface area contributed by atoms with Gasteiger partial charge in [-0.3, -0.25) is 4.79 Å². The van der Waals surface area contributed by atoms with Crippen LogP contribution >= 0.6 is 11.6 Å². The normalized spacial score (nSPS) is 18.9. The molecular formula is C14H16ClFO. The van der Waals surface area contributed by atoms with E-state index < -0.39 is 0 Å². The summed E-state index contributed by atoms with van der Waals surface area (Å²) in [6.45, 7) is 0. The smallest absolute Gasteiger partial charge is 0.229 e. The maximum atomic E-state index is 12.9. The summed E-state index contributed by atoms with van der Waals surface area (Å²) in [5, 5.41) is -0.316. The zero-order chi connectivity index (χ0) is 12.3. The van der Waals surface area contributed by atoms with Crippen molar-refractivity contribution in [3.8, 4) is 0 Å². The summed E-state index contributed by atoms with van der Waals surface area (Å²) in [6.07, 6.45) is 5.64. The first-order valence-corrected chi connectivity index (χ1v) is 6.51. The topological polar surface area (TPSA) is 17.1 Å². The number of carbonyl (C=O) groups excluding carboxylic acids is 1. The monoisotopic (exact) mass is 254 g/mol. The van der Waals surface area contributed by atoms with E-state index in [1.54, 1.807) is 12.1 Å². The van der Waals surface area contributed by atoms with E-state index in [-0.39, 0.29) is 17.0 Å². The lowest BCUT2D eigenvalue weighted by Crippen LogP contribution is -2.21. The van der Waals surface area contributed by atoms with Crippen LogP contribution in [-0.2, 0) is 4.79 Å². The van der Waals surface area contributed by atoms with E-state index in [0.717, 1.165) is 31.2 Å². The van der Waals surface area contributed by atoms with E-state index in [0.29, 0.717) is 5.92 Å². The minimum absolute atomic E-state index is 0.266. The Hall–Kier alpha value is -0.890. The molecule has 1 nitrogen and oxygen atoms in total. The molecule has 1 fully saturated rings. The van der Waals surface area contributed by atoms with Gasteiger partial charge in [-0.1, -0.05) is 31.4 Å². The Bertz CT molecular complexity index is 382. The molecule has 0 saturated heterocycles. The molecule has 1 saturated carbocycles. The van der Waals surface area contributed by atoms with Gasteiger partial charge in [0.25, 0.3) is 0 Å². The second kappa shape index (κ2) is 5.63. The Morgan fingerprint density at radius 2 is 1.76 bits per heavy atom. The molecule has 1 aromatic rings. The third-order valence-electron chi connectivity index (χ3n) is 3.59. The average molecular weight is 255 g/mol. The molecular weight excluding hydrogens is 239 g/mol. The molecule has 92 valence electrons. The highest BCUT2D eigenvalue weighted by atomic mass is 35.5. The van der Waals surface area contributed by atoms with E-state index in [1.807, 2.05) is 0 Å². The lowest BCUT2D eigenvalue weighted by atomic mass is 9.77. The van der Waals surface area contributed by atoms with Crippen molar-refractivity contribution in [2.24, 2.45) is 5.92 Å². The van der Waals surface area contributed by atoms with Crippen LogP contribution in [0.4, 0.5) is 4.39 Å². The van der Waals surface area contributed by atoms with Gasteiger partial charge in [-0.25, -0.2) is 4.39 Å². The number of hydrogen-bond donors (Lipinski definition) is 0. The van der Waals surface area contributed by atoms with E-state index >= 15 is 0 Å². The summed E-state index contributed by atoms with van der Waals surface area (Å²) in [5.41, 5.74) is 0.846. The van der Waals surface area contributed by atoms with Crippen molar-refractivity contribution in [1.29, 1.82) is 0 Å². The number of benzene rings is 1. The molecule has 3 heteroatoms. The fourth-order valence-electron chi connectivity index (χ4n) is 2.73. The Morgan fingerprint density at radius 1 is 1.18 bits per heavy atom.